The molecule has 2 nitrogen and oxygen atoms in total. The zero-order valence-electron chi connectivity index (χ0n) is 9.73. The van der Waals surface area contributed by atoms with Gasteiger partial charge in [0, 0.05) is 6.20 Å². The van der Waals surface area contributed by atoms with Crippen LogP contribution in [0.1, 0.15) is 22.9 Å². The molecule has 0 saturated carbocycles. The molecule has 88 valence electrons. The lowest BCUT2D eigenvalue weighted by molar-refractivity contribution is 0.620. The second-order valence-corrected chi connectivity index (χ2v) is 4.20. The number of rotatable bonds is 3. The Labute approximate surface area is 100 Å². The predicted octanol–water partition coefficient (Wildman–Crippen LogP) is 2.77. The van der Waals surface area contributed by atoms with E-state index in [1.54, 1.807) is 12.3 Å². The maximum absolute atomic E-state index is 13.0. The molecule has 0 aliphatic heterocycles. The molecule has 2 rings (SSSR count). The molecule has 0 aliphatic rings. The van der Waals surface area contributed by atoms with Crippen LogP contribution in [-0.2, 0) is 6.42 Å². The SMILES string of the molecule is Cc1ccnc(C(N)Cc2cccc(F)c2)c1. The summed E-state index contributed by atoms with van der Waals surface area (Å²) < 4.78 is 13.0. The predicted molar refractivity (Wildman–Crippen MR) is 66.0 cm³/mol. The summed E-state index contributed by atoms with van der Waals surface area (Å²) in [7, 11) is 0. The van der Waals surface area contributed by atoms with Crippen LogP contribution in [0.4, 0.5) is 4.39 Å². The van der Waals surface area contributed by atoms with Gasteiger partial charge in [0.2, 0.25) is 0 Å². The summed E-state index contributed by atoms with van der Waals surface area (Å²) in [4.78, 5) is 4.24. The van der Waals surface area contributed by atoms with Crippen LogP contribution in [0.25, 0.3) is 0 Å². The van der Waals surface area contributed by atoms with Crippen LogP contribution in [0.15, 0.2) is 42.6 Å². The number of aromatic nitrogens is 1. The summed E-state index contributed by atoms with van der Waals surface area (Å²) in [5.41, 5.74) is 8.92. The highest BCUT2D eigenvalue weighted by atomic mass is 19.1. The fourth-order valence-corrected chi connectivity index (χ4v) is 1.78. The summed E-state index contributed by atoms with van der Waals surface area (Å²) in [5, 5.41) is 0. The molecule has 1 aromatic heterocycles. The first kappa shape index (κ1) is 11.7. The van der Waals surface area contributed by atoms with E-state index in [-0.39, 0.29) is 11.9 Å². The zero-order valence-corrected chi connectivity index (χ0v) is 9.73. The first-order valence-corrected chi connectivity index (χ1v) is 5.58. The fraction of sp³-hybridized carbons (Fsp3) is 0.214. The van der Waals surface area contributed by atoms with Crippen molar-refractivity contribution in [2.75, 3.05) is 0 Å². The van der Waals surface area contributed by atoms with Crippen molar-refractivity contribution in [3.05, 3.63) is 65.2 Å². The Morgan fingerprint density at radius 1 is 1.29 bits per heavy atom. The molecule has 0 saturated heterocycles. The molecule has 1 atom stereocenters. The number of nitrogens with zero attached hydrogens (tertiary/aromatic N) is 1. The van der Waals surface area contributed by atoms with E-state index in [2.05, 4.69) is 4.98 Å². The third-order valence-corrected chi connectivity index (χ3v) is 2.66. The smallest absolute Gasteiger partial charge is 0.123 e. The number of benzene rings is 1. The molecular weight excluding hydrogens is 215 g/mol. The van der Waals surface area contributed by atoms with Gasteiger partial charge >= 0.3 is 0 Å². The van der Waals surface area contributed by atoms with E-state index in [1.807, 2.05) is 25.1 Å². The summed E-state index contributed by atoms with van der Waals surface area (Å²) >= 11 is 0. The Morgan fingerprint density at radius 3 is 2.82 bits per heavy atom. The molecular formula is C14H15FN2. The second kappa shape index (κ2) is 5.06. The number of aryl methyl sites for hydroxylation is 1. The molecule has 0 radical (unpaired) electrons. The van der Waals surface area contributed by atoms with Crippen LogP contribution < -0.4 is 5.73 Å². The molecule has 1 unspecified atom stereocenters. The Bertz CT molecular complexity index is 511. The molecule has 3 heteroatoms. The number of halogens is 1. The number of nitrogens with two attached hydrogens (primary N) is 1. The van der Waals surface area contributed by atoms with Crippen LogP contribution in [0.3, 0.4) is 0 Å². The Hall–Kier alpha value is -1.74. The maximum Gasteiger partial charge on any atom is 0.123 e. The molecule has 2 N–H and O–H groups in total. The van der Waals surface area contributed by atoms with Crippen LogP contribution in [0, 0.1) is 12.7 Å². The lowest BCUT2D eigenvalue weighted by Gasteiger charge is -2.11. The van der Waals surface area contributed by atoms with Crippen LogP contribution in [0.5, 0.6) is 0 Å². The normalized spacial score (nSPS) is 12.4. The first-order chi connectivity index (χ1) is 8.15. The monoisotopic (exact) mass is 230 g/mol. The van der Waals surface area contributed by atoms with Crippen molar-refractivity contribution in [1.82, 2.24) is 4.98 Å². The van der Waals surface area contributed by atoms with Crippen molar-refractivity contribution in [2.45, 2.75) is 19.4 Å². The van der Waals surface area contributed by atoms with Gasteiger partial charge in [-0.2, -0.15) is 0 Å². The summed E-state index contributed by atoms with van der Waals surface area (Å²) in [6.45, 7) is 2.00. The van der Waals surface area contributed by atoms with Gasteiger partial charge < -0.3 is 5.73 Å². The average Bonchev–Trinajstić information content (AvgIpc) is 2.29. The van der Waals surface area contributed by atoms with Crippen molar-refractivity contribution >= 4 is 0 Å². The van der Waals surface area contributed by atoms with Gasteiger partial charge in [-0.15, -0.1) is 0 Å². The lowest BCUT2D eigenvalue weighted by Crippen LogP contribution is -2.15. The van der Waals surface area contributed by atoms with Gasteiger partial charge in [-0.25, -0.2) is 4.39 Å². The lowest BCUT2D eigenvalue weighted by atomic mass is 10.0. The van der Waals surface area contributed by atoms with Gasteiger partial charge in [-0.1, -0.05) is 12.1 Å². The topological polar surface area (TPSA) is 38.9 Å². The van der Waals surface area contributed by atoms with E-state index in [9.17, 15) is 4.39 Å². The van der Waals surface area contributed by atoms with Gasteiger partial charge in [0.1, 0.15) is 5.82 Å². The van der Waals surface area contributed by atoms with Crippen molar-refractivity contribution < 1.29 is 4.39 Å². The van der Waals surface area contributed by atoms with Crippen molar-refractivity contribution in [2.24, 2.45) is 5.73 Å². The molecule has 0 spiro atoms. The summed E-state index contributed by atoms with van der Waals surface area (Å²) in [6.07, 6.45) is 2.34. The summed E-state index contributed by atoms with van der Waals surface area (Å²) in [5.74, 6) is -0.230. The van der Waals surface area contributed by atoms with Gasteiger partial charge in [0.25, 0.3) is 0 Å². The molecule has 0 fully saturated rings. The number of hydrogen-bond donors (Lipinski definition) is 1. The van der Waals surface area contributed by atoms with E-state index < -0.39 is 0 Å². The zero-order chi connectivity index (χ0) is 12.3. The van der Waals surface area contributed by atoms with Crippen molar-refractivity contribution in [3.63, 3.8) is 0 Å². The number of hydrogen-bond acceptors (Lipinski definition) is 2. The average molecular weight is 230 g/mol. The Kier molecular flexibility index (Phi) is 3.49. The molecule has 0 amide bonds. The Balaban J connectivity index is 2.14. The van der Waals surface area contributed by atoms with Gasteiger partial charge in [-0.05, 0) is 48.7 Å². The summed E-state index contributed by atoms with van der Waals surface area (Å²) in [6, 6.07) is 10.2. The Morgan fingerprint density at radius 2 is 2.12 bits per heavy atom. The standard InChI is InChI=1S/C14H15FN2/c1-10-5-6-17-14(7-10)13(16)9-11-3-2-4-12(15)8-11/h2-8,13H,9,16H2,1H3. The minimum atomic E-state index is -0.230. The van der Waals surface area contributed by atoms with E-state index >= 15 is 0 Å². The first-order valence-electron chi connectivity index (χ1n) is 5.58. The largest absolute Gasteiger partial charge is 0.322 e. The fourth-order valence-electron chi connectivity index (χ4n) is 1.78. The molecule has 2 aromatic rings. The highest BCUT2D eigenvalue weighted by Crippen LogP contribution is 2.15. The molecule has 17 heavy (non-hydrogen) atoms. The quantitative estimate of drug-likeness (QED) is 0.880. The third-order valence-electron chi connectivity index (χ3n) is 2.66. The molecule has 0 aliphatic carbocycles. The van der Waals surface area contributed by atoms with Gasteiger partial charge in [-0.3, -0.25) is 4.98 Å². The highest BCUT2D eigenvalue weighted by Gasteiger charge is 2.09. The van der Waals surface area contributed by atoms with E-state index in [0.717, 1.165) is 16.8 Å². The van der Waals surface area contributed by atoms with Crippen LogP contribution >= 0.6 is 0 Å². The minimum absolute atomic E-state index is 0.198. The van der Waals surface area contributed by atoms with Crippen molar-refractivity contribution in [3.8, 4) is 0 Å². The highest BCUT2D eigenvalue weighted by molar-refractivity contribution is 5.22. The third kappa shape index (κ3) is 3.11. The van der Waals surface area contributed by atoms with E-state index in [0.29, 0.717) is 6.42 Å². The van der Waals surface area contributed by atoms with Crippen LogP contribution in [-0.4, -0.2) is 4.98 Å². The molecule has 0 bridgehead atoms. The molecule has 1 aromatic carbocycles. The van der Waals surface area contributed by atoms with Gasteiger partial charge in [0.15, 0.2) is 0 Å². The van der Waals surface area contributed by atoms with Crippen molar-refractivity contribution in [1.29, 1.82) is 0 Å². The van der Waals surface area contributed by atoms with Gasteiger partial charge in [0.05, 0.1) is 11.7 Å². The maximum atomic E-state index is 13.0. The second-order valence-electron chi connectivity index (χ2n) is 4.20. The van der Waals surface area contributed by atoms with E-state index in [4.69, 9.17) is 5.73 Å². The van der Waals surface area contributed by atoms with E-state index in [1.165, 1.54) is 12.1 Å². The van der Waals surface area contributed by atoms with Crippen LogP contribution in [0.2, 0.25) is 0 Å². The number of pyridine rings is 1. The minimum Gasteiger partial charge on any atom is -0.322 e. The molecule has 1 heterocycles.